The normalized spacial score (nSPS) is 23.6. The van der Waals surface area contributed by atoms with Crippen molar-refractivity contribution in [3.05, 3.63) is 20.5 Å². The standard InChI is InChI=1S/C16H18ClIN4O3/c1-8(23)25-12-7-24-5-4-10(12)20-16-19-6-11-13(17)14(18)15(9-2-3-9)22(11)21-16/h6,9-10,12H,2-5,7H2,1H3,(H,20,21)/t10-,12-/m1/s1. The highest BCUT2D eigenvalue weighted by atomic mass is 127. The maximum absolute atomic E-state index is 11.3. The molecule has 2 fully saturated rings. The van der Waals surface area contributed by atoms with Crippen LogP contribution in [0.5, 0.6) is 0 Å². The van der Waals surface area contributed by atoms with Gasteiger partial charge in [-0.3, -0.25) is 4.79 Å². The Labute approximate surface area is 163 Å². The Morgan fingerprint density at radius 1 is 1.48 bits per heavy atom. The second-order valence-electron chi connectivity index (χ2n) is 6.43. The number of nitrogens with zero attached hydrogens (tertiary/aromatic N) is 3. The number of rotatable bonds is 4. The lowest BCUT2D eigenvalue weighted by Gasteiger charge is -2.31. The van der Waals surface area contributed by atoms with Crippen LogP contribution in [0.25, 0.3) is 5.52 Å². The first-order valence-electron chi connectivity index (χ1n) is 8.28. The fourth-order valence-electron chi connectivity index (χ4n) is 3.15. The maximum atomic E-state index is 11.3. The zero-order valence-electron chi connectivity index (χ0n) is 13.7. The minimum Gasteiger partial charge on any atom is -0.458 e. The first-order valence-corrected chi connectivity index (χ1v) is 9.74. The second-order valence-corrected chi connectivity index (χ2v) is 7.89. The van der Waals surface area contributed by atoms with Gasteiger partial charge in [-0.05, 0) is 41.9 Å². The van der Waals surface area contributed by atoms with E-state index in [-0.39, 0.29) is 18.1 Å². The molecule has 25 heavy (non-hydrogen) atoms. The lowest BCUT2D eigenvalue weighted by molar-refractivity contribution is -0.153. The van der Waals surface area contributed by atoms with Gasteiger partial charge < -0.3 is 14.8 Å². The van der Waals surface area contributed by atoms with E-state index in [0.29, 0.717) is 30.1 Å². The molecule has 1 N–H and O–H groups in total. The van der Waals surface area contributed by atoms with E-state index in [1.165, 1.54) is 19.8 Å². The first-order chi connectivity index (χ1) is 12.0. The lowest BCUT2D eigenvalue weighted by atomic mass is 10.1. The van der Waals surface area contributed by atoms with Gasteiger partial charge in [0.25, 0.3) is 0 Å². The summed E-state index contributed by atoms with van der Waals surface area (Å²) in [5, 5.41) is 8.65. The maximum Gasteiger partial charge on any atom is 0.303 e. The average Bonchev–Trinajstić information content (AvgIpc) is 3.37. The number of esters is 1. The van der Waals surface area contributed by atoms with Crippen molar-refractivity contribution < 1.29 is 14.3 Å². The number of carbonyl (C=O) groups is 1. The molecule has 4 rings (SSSR count). The zero-order chi connectivity index (χ0) is 17.6. The highest BCUT2D eigenvalue weighted by molar-refractivity contribution is 14.1. The number of nitrogens with one attached hydrogen (secondary N) is 1. The lowest BCUT2D eigenvalue weighted by Crippen LogP contribution is -2.44. The van der Waals surface area contributed by atoms with E-state index >= 15 is 0 Å². The summed E-state index contributed by atoms with van der Waals surface area (Å²) in [6.45, 7) is 2.39. The van der Waals surface area contributed by atoms with E-state index in [9.17, 15) is 4.79 Å². The Kier molecular flexibility index (Phi) is 4.76. The van der Waals surface area contributed by atoms with Gasteiger partial charge in [0.05, 0.1) is 33.1 Å². The number of ether oxygens (including phenoxy) is 2. The minimum absolute atomic E-state index is 0.0791. The first kappa shape index (κ1) is 17.3. The zero-order valence-corrected chi connectivity index (χ0v) is 16.6. The second kappa shape index (κ2) is 6.88. The van der Waals surface area contributed by atoms with Crippen LogP contribution in [0.15, 0.2) is 6.20 Å². The SMILES string of the molecule is CC(=O)O[C@@H]1COCC[C@H]1Nc1ncc2c(Cl)c(I)c(C3CC3)n2n1. The van der Waals surface area contributed by atoms with E-state index in [0.717, 1.165) is 21.2 Å². The van der Waals surface area contributed by atoms with E-state index in [4.69, 9.17) is 21.1 Å². The van der Waals surface area contributed by atoms with E-state index in [2.05, 4.69) is 38.0 Å². The summed E-state index contributed by atoms with van der Waals surface area (Å²) in [6.07, 6.45) is 4.45. The molecule has 0 amide bonds. The van der Waals surface area contributed by atoms with Crippen LogP contribution in [-0.2, 0) is 14.3 Å². The van der Waals surface area contributed by atoms with Crippen molar-refractivity contribution in [3.8, 4) is 0 Å². The number of fused-ring (bicyclic) bond motifs is 1. The molecule has 0 radical (unpaired) electrons. The Morgan fingerprint density at radius 3 is 3.00 bits per heavy atom. The summed E-state index contributed by atoms with van der Waals surface area (Å²) >= 11 is 8.72. The third-order valence-corrected chi connectivity index (χ3v) is 6.30. The van der Waals surface area contributed by atoms with Crippen LogP contribution in [0.2, 0.25) is 5.02 Å². The molecule has 2 aromatic heterocycles. The van der Waals surface area contributed by atoms with E-state index < -0.39 is 0 Å². The number of anilines is 1. The molecule has 0 spiro atoms. The molecule has 0 unspecified atom stereocenters. The van der Waals surface area contributed by atoms with Crippen molar-refractivity contribution in [2.75, 3.05) is 18.5 Å². The molecule has 2 aromatic rings. The molecular weight excluding hydrogens is 459 g/mol. The topological polar surface area (TPSA) is 77.8 Å². The van der Waals surface area contributed by atoms with Gasteiger partial charge in [-0.1, -0.05) is 11.6 Å². The van der Waals surface area contributed by atoms with Crippen LogP contribution in [0.4, 0.5) is 5.95 Å². The van der Waals surface area contributed by atoms with Gasteiger partial charge in [0.15, 0.2) is 0 Å². The average molecular weight is 477 g/mol. The fourth-order valence-corrected chi connectivity index (χ4v) is 4.32. The molecule has 1 saturated heterocycles. The van der Waals surface area contributed by atoms with Crippen molar-refractivity contribution >= 4 is 51.6 Å². The van der Waals surface area contributed by atoms with Crippen molar-refractivity contribution in [3.63, 3.8) is 0 Å². The molecule has 7 nitrogen and oxygen atoms in total. The molecular formula is C16H18ClIN4O3. The van der Waals surface area contributed by atoms with Crippen molar-refractivity contribution in [2.24, 2.45) is 0 Å². The minimum atomic E-state index is -0.346. The van der Waals surface area contributed by atoms with Crippen molar-refractivity contribution in [1.82, 2.24) is 14.6 Å². The number of halogens is 2. The van der Waals surface area contributed by atoms with Gasteiger partial charge in [0.1, 0.15) is 11.6 Å². The van der Waals surface area contributed by atoms with Crippen LogP contribution in [0, 0.1) is 3.57 Å². The van der Waals surface area contributed by atoms with Crippen LogP contribution in [0.1, 0.15) is 37.8 Å². The fraction of sp³-hybridized carbons (Fsp3) is 0.562. The van der Waals surface area contributed by atoms with Crippen molar-refractivity contribution in [1.29, 1.82) is 0 Å². The van der Waals surface area contributed by atoms with Crippen LogP contribution in [-0.4, -0.2) is 45.9 Å². The molecule has 1 saturated carbocycles. The summed E-state index contributed by atoms with van der Waals surface area (Å²) in [4.78, 5) is 15.7. The molecule has 134 valence electrons. The van der Waals surface area contributed by atoms with Gasteiger partial charge in [0, 0.05) is 19.4 Å². The smallest absolute Gasteiger partial charge is 0.303 e. The molecule has 0 bridgehead atoms. The largest absolute Gasteiger partial charge is 0.458 e. The molecule has 2 atom stereocenters. The Morgan fingerprint density at radius 2 is 2.28 bits per heavy atom. The van der Waals surface area contributed by atoms with Gasteiger partial charge in [0.2, 0.25) is 5.95 Å². The van der Waals surface area contributed by atoms with Gasteiger partial charge >= 0.3 is 5.97 Å². The number of hydrogen-bond donors (Lipinski definition) is 1. The number of aromatic nitrogens is 3. The van der Waals surface area contributed by atoms with E-state index in [1.807, 2.05) is 4.52 Å². The van der Waals surface area contributed by atoms with Crippen LogP contribution >= 0.6 is 34.2 Å². The molecule has 1 aliphatic heterocycles. The van der Waals surface area contributed by atoms with E-state index in [1.54, 1.807) is 6.20 Å². The van der Waals surface area contributed by atoms with Gasteiger partial charge in [-0.2, -0.15) is 0 Å². The quantitative estimate of drug-likeness (QED) is 0.540. The third-order valence-electron chi connectivity index (χ3n) is 4.50. The third kappa shape index (κ3) is 3.43. The van der Waals surface area contributed by atoms with Crippen molar-refractivity contribution in [2.45, 2.75) is 44.2 Å². The number of carbonyl (C=O) groups excluding carboxylic acids is 1. The molecule has 2 aliphatic rings. The molecule has 1 aliphatic carbocycles. The summed E-state index contributed by atoms with van der Waals surface area (Å²) < 4.78 is 13.7. The summed E-state index contributed by atoms with van der Waals surface area (Å²) in [6, 6.07) is -0.0791. The summed E-state index contributed by atoms with van der Waals surface area (Å²) in [7, 11) is 0. The monoisotopic (exact) mass is 476 g/mol. The van der Waals surface area contributed by atoms with Crippen LogP contribution in [0.3, 0.4) is 0 Å². The Hall–Kier alpha value is -1.13. The molecule has 0 aromatic carbocycles. The highest BCUT2D eigenvalue weighted by Crippen LogP contribution is 2.45. The Bertz CT molecular complexity index is 823. The number of hydrogen-bond acceptors (Lipinski definition) is 6. The predicted molar refractivity (Wildman–Crippen MR) is 101 cm³/mol. The predicted octanol–water partition coefficient (Wildman–Crippen LogP) is 3.00. The Balaban J connectivity index is 1.63. The molecule has 9 heteroatoms. The summed E-state index contributed by atoms with van der Waals surface area (Å²) in [5.41, 5.74) is 1.98. The van der Waals surface area contributed by atoms with Gasteiger partial charge in [-0.15, -0.1) is 5.10 Å². The summed E-state index contributed by atoms with van der Waals surface area (Å²) in [5.74, 6) is 0.703. The van der Waals surface area contributed by atoms with Gasteiger partial charge in [-0.25, -0.2) is 9.50 Å². The highest BCUT2D eigenvalue weighted by Gasteiger charge is 2.32. The van der Waals surface area contributed by atoms with Crippen LogP contribution < -0.4 is 5.32 Å². The molecule has 3 heterocycles.